The van der Waals surface area contributed by atoms with Crippen LogP contribution in [0.15, 0.2) is 42.7 Å². The number of hydrogen-bond donors (Lipinski definition) is 0. The largest absolute Gasteiger partial charge is 0.486 e. The van der Waals surface area contributed by atoms with Crippen molar-refractivity contribution in [2.24, 2.45) is 0 Å². The fourth-order valence-electron chi connectivity index (χ4n) is 1.27. The summed E-state index contributed by atoms with van der Waals surface area (Å²) in [5, 5.41) is 0.825. The minimum atomic E-state index is 0.395. The molecule has 0 spiro atoms. The third-order valence-electron chi connectivity index (χ3n) is 2.04. The normalized spacial score (nSPS) is 10.1. The molecule has 82 valence electrons. The maximum Gasteiger partial charge on any atom is 0.166 e. The van der Waals surface area contributed by atoms with E-state index < -0.39 is 0 Å². The molecule has 0 atom stereocenters. The molecule has 0 saturated heterocycles. The van der Waals surface area contributed by atoms with Crippen molar-refractivity contribution < 1.29 is 4.74 Å². The van der Waals surface area contributed by atoms with Crippen molar-refractivity contribution in [3.63, 3.8) is 0 Å². The quantitative estimate of drug-likeness (QED) is 0.807. The summed E-state index contributed by atoms with van der Waals surface area (Å²) in [5.41, 5.74) is 1.19. The third-order valence-corrected chi connectivity index (χ3v) is 2.69. The first kappa shape index (κ1) is 11.1. The Morgan fingerprint density at radius 3 is 2.69 bits per heavy atom. The first-order valence-corrected chi connectivity index (χ1v) is 6.04. The van der Waals surface area contributed by atoms with Gasteiger partial charge < -0.3 is 4.74 Å². The minimum absolute atomic E-state index is 0.395. The number of hydrogen-bond acceptors (Lipinski definition) is 3. The summed E-state index contributed by atoms with van der Waals surface area (Å²) in [6.45, 7) is 0.395. The van der Waals surface area contributed by atoms with Crippen LogP contribution in [0.4, 0.5) is 0 Å². The molecule has 1 heterocycles. The molecule has 0 bridgehead atoms. The lowest BCUT2D eigenvalue weighted by Gasteiger charge is -2.05. The zero-order valence-electron chi connectivity index (χ0n) is 8.64. The highest BCUT2D eigenvalue weighted by Crippen LogP contribution is 2.16. The summed E-state index contributed by atoms with van der Waals surface area (Å²) in [4.78, 5) is 8.18. The molecular weight excluding hydrogens is 268 g/mol. The molecule has 3 nitrogen and oxygen atoms in total. The summed E-state index contributed by atoms with van der Waals surface area (Å²) >= 11 is 3.41. The van der Waals surface area contributed by atoms with E-state index in [1.165, 1.54) is 5.56 Å². The minimum Gasteiger partial charge on any atom is -0.486 e. The van der Waals surface area contributed by atoms with E-state index in [0.717, 1.165) is 11.1 Å². The van der Waals surface area contributed by atoms with Crippen LogP contribution >= 0.6 is 15.9 Å². The van der Waals surface area contributed by atoms with Crippen LogP contribution in [0.3, 0.4) is 0 Å². The molecule has 0 radical (unpaired) electrons. The van der Waals surface area contributed by atoms with Crippen LogP contribution in [0.2, 0.25) is 0 Å². The van der Waals surface area contributed by atoms with Crippen LogP contribution in [-0.4, -0.2) is 9.97 Å². The second-order valence-corrected chi connectivity index (χ2v) is 3.80. The second-order valence-electron chi connectivity index (χ2n) is 3.23. The number of ether oxygens (including phenoxy) is 1. The predicted octanol–water partition coefficient (Wildman–Crippen LogP) is 2.95. The first-order valence-electron chi connectivity index (χ1n) is 4.92. The average molecular weight is 279 g/mol. The highest BCUT2D eigenvalue weighted by atomic mass is 79.9. The van der Waals surface area contributed by atoms with E-state index in [2.05, 4.69) is 25.9 Å². The maximum atomic E-state index is 5.59. The summed E-state index contributed by atoms with van der Waals surface area (Å²) in [7, 11) is 0. The van der Waals surface area contributed by atoms with Gasteiger partial charge in [-0.15, -0.1) is 0 Å². The van der Waals surface area contributed by atoms with Crippen molar-refractivity contribution in [1.82, 2.24) is 9.97 Å². The van der Waals surface area contributed by atoms with Gasteiger partial charge in [0.05, 0.1) is 0 Å². The standard InChI is InChI=1S/C12H11BrN2O/c13-8-10-3-1-4-11(7-10)16-9-12-14-5-2-6-15-12/h1-7H,8-9H2. The van der Waals surface area contributed by atoms with E-state index in [-0.39, 0.29) is 0 Å². The molecule has 0 N–H and O–H groups in total. The average Bonchev–Trinajstić information content (AvgIpc) is 2.38. The smallest absolute Gasteiger partial charge is 0.166 e. The van der Waals surface area contributed by atoms with Crippen molar-refractivity contribution >= 4 is 15.9 Å². The Morgan fingerprint density at radius 2 is 1.94 bits per heavy atom. The zero-order chi connectivity index (χ0) is 11.2. The van der Waals surface area contributed by atoms with Gasteiger partial charge in [-0.05, 0) is 23.8 Å². The maximum absolute atomic E-state index is 5.59. The molecule has 2 rings (SSSR count). The van der Waals surface area contributed by atoms with Crippen LogP contribution in [-0.2, 0) is 11.9 Å². The van der Waals surface area contributed by atoms with Gasteiger partial charge in [0.25, 0.3) is 0 Å². The number of halogens is 1. The Balaban J connectivity index is 1.99. The third kappa shape index (κ3) is 3.03. The van der Waals surface area contributed by atoms with Gasteiger partial charge in [0.1, 0.15) is 12.4 Å². The molecule has 1 aromatic carbocycles. The van der Waals surface area contributed by atoms with E-state index >= 15 is 0 Å². The first-order chi connectivity index (χ1) is 7.88. The van der Waals surface area contributed by atoms with Crippen molar-refractivity contribution in [2.75, 3.05) is 0 Å². The Kier molecular flexibility index (Phi) is 3.88. The molecule has 1 aromatic heterocycles. The summed E-state index contributed by atoms with van der Waals surface area (Å²) in [6, 6.07) is 9.72. The molecule has 2 aromatic rings. The Hall–Kier alpha value is -1.42. The number of aromatic nitrogens is 2. The number of alkyl halides is 1. The molecule has 0 aliphatic heterocycles. The highest BCUT2D eigenvalue weighted by molar-refractivity contribution is 9.08. The van der Waals surface area contributed by atoms with Gasteiger partial charge in [-0.25, -0.2) is 9.97 Å². The van der Waals surface area contributed by atoms with Gasteiger partial charge in [-0.1, -0.05) is 28.1 Å². The lowest BCUT2D eigenvalue weighted by molar-refractivity contribution is 0.295. The molecular formula is C12H11BrN2O. The topological polar surface area (TPSA) is 35.0 Å². The van der Waals surface area contributed by atoms with Gasteiger partial charge in [0.2, 0.25) is 0 Å². The monoisotopic (exact) mass is 278 g/mol. The van der Waals surface area contributed by atoms with E-state index in [4.69, 9.17) is 4.74 Å². The fraction of sp³-hybridized carbons (Fsp3) is 0.167. The van der Waals surface area contributed by atoms with E-state index in [0.29, 0.717) is 12.4 Å². The zero-order valence-corrected chi connectivity index (χ0v) is 10.2. The molecule has 0 fully saturated rings. The number of rotatable bonds is 4. The molecule has 0 aliphatic rings. The number of benzene rings is 1. The predicted molar refractivity (Wildman–Crippen MR) is 65.4 cm³/mol. The Morgan fingerprint density at radius 1 is 1.12 bits per heavy atom. The van der Waals surface area contributed by atoms with Gasteiger partial charge in [-0.3, -0.25) is 0 Å². The second kappa shape index (κ2) is 5.61. The van der Waals surface area contributed by atoms with Crippen LogP contribution in [0.25, 0.3) is 0 Å². The van der Waals surface area contributed by atoms with E-state index in [1.54, 1.807) is 18.5 Å². The Labute approximate surface area is 103 Å². The molecule has 0 aliphatic carbocycles. The molecule has 0 saturated carbocycles. The van der Waals surface area contributed by atoms with Gasteiger partial charge in [-0.2, -0.15) is 0 Å². The van der Waals surface area contributed by atoms with Crippen molar-refractivity contribution in [3.8, 4) is 5.75 Å². The summed E-state index contributed by atoms with van der Waals surface area (Å²) < 4.78 is 5.59. The molecule has 4 heteroatoms. The van der Waals surface area contributed by atoms with Gasteiger partial charge in [0.15, 0.2) is 5.82 Å². The highest BCUT2D eigenvalue weighted by Gasteiger charge is 1.98. The van der Waals surface area contributed by atoms with Crippen molar-refractivity contribution in [1.29, 1.82) is 0 Å². The van der Waals surface area contributed by atoms with Crippen LogP contribution < -0.4 is 4.74 Å². The van der Waals surface area contributed by atoms with E-state index in [1.807, 2.05) is 24.3 Å². The van der Waals surface area contributed by atoms with Gasteiger partial charge in [0, 0.05) is 17.7 Å². The molecule has 0 unspecified atom stereocenters. The van der Waals surface area contributed by atoms with Crippen LogP contribution in [0.1, 0.15) is 11.4 Å². The van der Waals surface area contributed by atoms with Crippen LogP contribution in [0, 0.1) is 0 Å². The molecule has 16 heavy (non-hydrogen) atoms. The van der Waals surface area contributed by atoms with Crippen molar-refractivity contribution in [2.45, 2.75) is 11.9 Å². The van der Waals surface area contributed by atoms with Gasteiger partial charge >= 0.3 is 0 Å². The Bertz CT molecular complexity index is 448. The lowest BCUT2D eigenvalue weighted by Crippen LogP contribution is -2.00. The van der Waals surface area contributed by atoms with E-state index in [9.17, 15) is 0 Å². The SMILES string of the molecule is BrCc1cccc(OCc2ncccn2)c1. The number of nitrogens with zero attached hydrogens (tertiary/aromatic N) is 2. The molecule has 0 amide bonds. The summed E-state index contributed by atoms with van der Waals surface area (Å²) in [5.74, 6) is 1.52. The van der Waals surface area contributed by atoms with Crippen molar-refractivity contribution in [3.05, 3.63) is 54.1 Å². The van der Waals surface area contributed by atoms with Crippen LogP contribution in [0.5, 0.6) is 5.75 Å². The fourth-order valence-corrected chi connectivity index (χ4v) is 1.62. The lowest BCUT2D eigenvalue weighted by atomic mass is 10.2. The summed E-state index contributed by atoms with van der Waals surface area (Å²) in [6.07, 6.45) is 3.42.